The van der Waals surface area contributed by atoms with Crippen LogP contribution in [-0.2, 0) is 4.43 Å². The third-order valence-electron chi connectivity index (χ3n) is 2.42. The largest absolute Gasteiger partial charge is 0.417 e. The zero-order valence-electron chi connectivity index (χ0n) is 8.73. The van der Waals surface area contributed by atoms with Crippen molar-refractivity contribution in [3.05, 3.63) is 12.7 Å². The molecule has 72 valence electrons. The second-order valence-electron chi connectivity index (χ2n) is 3.23. The molecule has 1 nitrogen and oxygen atoms in total. The fraction of sp³-hybridized carbons (Fsp3) is 0.800. The molecule has 0 aliphatic carbocycles. The first-order chi connectivity index (χ1) is 5.74. The van der Waals surface area contributed by atoms with Crippen molar-refractivity contribution in [1.82, 2.24) is 0 Å². The zero-order valence-corrected chi connectivity index (χ0v) is 9.73. The summed E-state index contributed by atoms with van der Waals surface area (Å²) in [4.78, 5) is 0. The molecule has 2 heteroatoms. The summed E-state index contributed by atoms with van der Waals surface area (Å²) in [6, 6.07) is 3.55. The van der Waals surface area contributed by atoms with Crippen LogP contribution in [0.25, 0.3) is 0 Å². The van der Waals surface area contributed by atoms with E-state index in [1.807, 2.05) is 6.08 Å². The molecule has 0 aliphatic heterocycles. The normalized spacial score (nSPS) is 11.6. The average Bonchev–Trinajstić information content (AvgIpc) is 2.13. The molecule has 0 aromatic carbocycles. The Balaban J connectivity index is 4.03. The topological polar surface area (TPSA) is 9.23 Å². The Bertz CT molecular complexity index is 119. The quantitative estimate of drug-likeness (QED) is 0.436. The van der Waals surface area contributed by atoms with Crippen molar-refractivity contribution in [3.63, 3.8) is 0 Å². The standard InChI is InChI=1S/C10H22OSi/c1-5-9-11-12(7-3,8-4)10-6-2/h6H,2,5,7-10H2,1,3-4H3. The maximum absolute atomic E-state index is 5.99. The van der Waals surface area contributed by atoms with Crippen LogP contribution in [0.1, 0.15) is 27.2 Å². The van der Waals surface area contributed by atoms with Crippen molar-refractivity contribution in [2.75, 3.05) is 6.61 Å². The fourth-order valence-electron chi connectivity index (χ4n) is 1.38. The lowest BCUT2D eigenvalue weighted by molar-refractivity contribution is 0.300. The summed E-state index contributed by atoms with van der Waals surface area (Å²) < 4.78 is 5.99. The molecule has 0 heterocycles. The summed E-state index contributed by atoms with van der Waals surface area (Å²) in [5.74, 6) is 0. The van der Waals surface area contributed by atoms with E-state index in [1.54, 1.807) is 0 Å². The van der Waals surface area contributed by atoms with Gasteiger partial charge in [-0.05, 0) is 24.6 Å². The first kappa shape index (κ1) is 11.9. The van der Waals surface area contributed by atoms with Crippen molar-refractivity contribution in [2.24, 2.45) is 0 Å². The first-order valence-electron chi connectivity index (χ1n) is 4.99. The number of hydrogen-bond donors (Lipinski definition) is 0. The van der Waals surface area contributed by atoms with E-state index in [-0.39, 0.29) is 0 Å². The molecular weight excluding hydrogens is 164 g/mol. The second-order valence-corrected chi connectivity index (χ2v) is 7.71. The monoisotopic (exact) mass is 186 g/mol. The Kier molecular flexibility index (Phi) is 6.39. The van der Waals surface area contributed by atoms with Gasteiger partial charge in [0.05, 0.1) is 0 Å². The van der Waals surface area contributed by atoms with Crippen LogP contribution in [0.4, 0.5) is 0 Å². The minimum atomic E-state index is -1.38. The van der Waals surface area contributed by atoms with E-state index in [0.29, 0.717) is 0 Å². The molecule has 0 saturated carbocycles. The predicted octanol–water partition coefficient (Wildman–Crippen LogP) is 3.58. The third kappa shape index (κ3) is 3.54. The minimum absolute atomic E-state index is 0.932. The van der Waals surface area contributed by atoms with Crippen LogP contribution in [0.2, 0.25) is 18.1 Å². The van der Waals surface area contributed by atoms with E-state index >= 15 is 0 Å². The lowest BCUT2D eigenvalue weighted by Crippen LogP contribution is -2.36. The summed E-state index contributed by atoms with van der Waals surface area (Å²) in [6.07, 6.45) is 3.15. The predicted molar refractivity (Wildman–Crippen MR) is 58.0 cm³/mol. The van der Waals surface area contributed by atoms with Crippen LogP contribution in [0.15, 0.2) is 12.7 Å². The number of allylic oxidation sites excluding steroid dienone is 1. The van der Waals surface area contributed by atoms with Crippen LogP contribution in [0.5, 0.6) is 0 Å². The van der Waals surface area contributed by atoms with E-state index in [1.165, 1.54) is 12.1 Å². The van der Waals surface area contributed by atoms with Crippen LogP contribution in [0.3, 0.4) is 0 Å². The Hall–Kier alpha value is -0.0831. The van der Waals surface area contributed by atoms with Gasteiger partial charge < -0.3 is 4.43 Å². The van der Waals surface area contributed by atoms with E-state index in [2.05, 4.69) is 27.4 Å². The van der Waals surface area contributed by atoms with Gasteiger partial charge in [0.15, 0.2) is 8.32 Å². The molecule has 0 fully saturated rings. The maximum Gasteiger partial charge on any atom is 0.195 e. The van der Waals surface area contributed by atoms with Crippen molar-refractivity contribution in [1.29, 1.82) is 0 Å². The van der Waals surface area contributed by atoms with Gasteiger partial charge in [-0.25, -0.2) is 0 Å². The summed E-state index contributed by atoms with van der Waals surface area (Å²) in [7, 11) is -1.38. The highest BCUT2D eigenvalue weighted by atomic mass is 28.4. The molecule has 0 saturated heterocycles. The molecule has 12 heavy (non-hydrogen) atoms. The third-order valence-corrected chi connectivity index (χ3v) is 6.84. The Morgan fingerprint density at radius 2 is 1.83 bits per heavy atom. The van der Waals surface area contributed by atoms with Crippen LogP contribution < -0.4 is 0 Å². The average molecular weight is 186 g/mol. The van der Waals surface area contributed by atoms with Crippen molar-refractivity contribution >= 4 is 8.32 Å². The summed E-state index contributed by atoms with van der Waals surface area (Å²) in [5.41, 5.74) is 0. The lowest BCUT2D eigenvalue weighted by atomic mass is 10.5. The Morgan fingerprint density at radius 1 is 1.25 bits per heavy atom. The smallest absolute Gasteiger partial charge is 0.195 e. The van der Waals surface area contributed by atoms with Gasteiger partial charge in [0.2, 0.25) is 0 Å². The van der Waals surface area contributed by atoms with Crippen LogP contribution in [0, 0.1) is 0 Å². The zero-order chi connectivity index (χ0) is 9.45. The van der Waals surface area contributed by atoms with Gasteiger partial charge in [0.25, 0.3) is 0 Å². The molecule has 0 atom stereocenters. The van der Waals surface area contributed by atoms with Gasteiger partial charge in [0.1, 0.15) is 0 Å². The second kappa shape index (κ2) is 6.43. The molecule has 0 bridgehead atoms. The van der Waals surface area contributed by atoms with Crippen molar-refractivity contribution < 1.29 is 4.43 Å². The highest BCUT2D eigenvalue weighted by Gasteiger charge is 2.28. The molecule has 0 aliphatic rings. The fourth-order valence-corrected chi connectivity index (χ4v) is 4.15. The van der Waals surface area contributed by atoms with Crippen molar-refractivity contribution in [2.45, 2.75) is 45.3 Å². The molecule has 0 rings (SSSR count). The lowest BCUT2D eigenvalue weighted by Gasteiger charge is -2.27. The van der Waals surface area contributed by atoms with E-state index in [9.17, 15) is 0 Å². The maximum atomic E-state index is 5.99. The van der Waals surface area contributed by atoms with E-state index in [0.717, 1.165) is 19.1 Å². The number of rotatable bonds is 7. The summed E-state index contributed by atoms with van der Waals surface area (Å²) >= 11 is 0. The Labute approximate surface area is 78.0 Å². The molecule has 0 unspecified atom stereocenters. The van der Waals surface area contributed by atoms with Crippen LogP contribution >= 0.6 is 0 Å². The summed E-state index contributed by atoms with van der Waals surface area (Å²) in [5, 5.41) is 0. The molecule has 0 aromatic heterocycles. The van der Waals surface area contributed by atoms with Crippen LogP contribution in [-0.4, -0.2) is 14.9 Å². The van der Waals surface area contributed by atoms with Gasteiger partial charge in [-0.2, -0.15) is 0 Å². The first-order valence-corrected chi connectivity index (χ1v) is 7.52. The highest BCUT2D eigenvalue weighted by Crippen LogP contribution is 2.22. The minimum Gasteiger partial charge on any atom is -0.417 e. The Morgan fingerprint density at radius 3 is 2.17 bits per heavy atom. The van der Waals surface area contributed by atoms with Gasteiger partial charge in [-0.3, -0.25) is 0 Å². The number of hydrogen-bond acceptors (Lipinski definition) is 1. The molecule has 0 spiro atoms. The highest BCUT2D eigenvalue weighted by molar-refractivity contribution is 6.74. The van der Waals surface area contributed by atoms with E-state index in [4.69, 9.17) is 4.43 Å². The van der Waals surface area contributed by atoms with Gasteiger partial charge in [0, 0.05) is 6.61 Å². The van der Waals surface area contributed by atoms with Crippen molar-refractivity contribution in [3.8, 4) is 0 Å². The molecule has 0 aromatic rings. The molecule has 0 N–H and O–H groups in total. The molecule has 0 radical (unpaired) electrons. The molecule has 0 amide bonds. The van der Waals surface area contributed by atoms with Gasteiger partial charge in [-0.15, -0.1) is 6.58 Å². The summed E-state index contributed by atoms with van der Waals surface area (Å²) in [6.45, 7) is 11.4. The molecular formula is C10H22OSi. The van der Waals surface area contributed by atoms with Gasteiger partial charge >= 0.3 is 0 Å². The SMILES string of the molecule is C=CC[Si](CC)(CC)OCCC. The van der Waals surface area contributed by atoms with E-state index < -0.39 is 8.32 Å². The van der Waals surface area contributed by atoms with Gasteiger partial charge in [-0.1, -0.05) is 26.8 Å².